The van der Waals surface area contributed by atoms with Gasteiger partial charge >= 0.3 is 6.08 Å². The van der Waals surface area contributed by atoms with Crippen molar-refractivity contribution in [1.82, 2.24) is 24.2 Å². The van der Waals surface area contributed by atoms with Gasteiger partial charge in [0.1, 0.15) is 5.82 Å². The predicted molar refractivity (Wildman–Crippen MR) is 117 cm³/mol. The summed E-state index contributed by atoms with van der Waals surface area (Å²) in [5, 5.41) is 0. The Balaban J connectivity index is 1.80. The van der Waals surface area contributed by atoms with Crippen molar-refractivity contribution in [3.8, 4) is 0 Å². The van der Waals surface area contributed by atoms with Gasteiger partial charge in [-0.05, 0) is 59.3 Å². The lowest BCUT2D eigenvalue weighted by atomic mass is 10.0. The molecule has 0 radical (unpaired) electrons. The third-order valence-corrected chi connectivity index (χ3v) is 7.46. The standard InChI is InChI=1S/C18H18FIN6O3S/c1-22-30(28,29)5-4-26-14(23-15-16(21)24-18(19)25-17(15)26)8-10-6-11-9(7-12(10)20)2-3-13(11)27/h6-7,22H,2-5,8H2,1H3,(H2,21,24,25). The van der Waals surface area contributed by atoms with E-state index >= 15 is 0 Å². The highest BCUT2D eigenvalue weighted by molar-refractivity contribution is 14.1. The van der Waals surface area contributed by atoms with E-state index in [1.54, 1.807) is 0 Å². The SMILES string of the molecule is CNS(=O)(=O)CCn1c(Cc2cc3c(cc2I)CCC3=O)nc2c(N)nc(F)nc21. The van der Waals surface area contributed by atoms with Gasteiger partial charge in [-0.2, -0.15) is 14.4 Å². The zero-order chi connectivity index (χ0) is 21.6. The first-order chi connectivity index (χ1) is 14.2. The minimum atomic E-state index is -3.51. The van der Waals surface area contributed by atoms with Crippen molar-refractivity contribution in [2.45, 2.75) is 25.8 Å². The van der Waals surface area contributed by atoms with Crippen LogP contribution in [0.3, 0.4) is 0 Å². The van der Waals surface area contributed by atoms with Gasteiger partial charge in [-0.15, -0.1) is 0 Å². The van der Waals surface area contributed by atoms with Crippen molar-refractivity contribution in [2.24, 2.45) is 0 Å². The van der Waals surface area contributed by atoms with Crippen LogP contribution in [0.1, 0.15) is 33.7 Å². The lowest BCUT2D eigenvalue weighted by Gasteiger charge is -2.11. The third-order valence-electron chi connectivity index (χ3n) is 5.11. The third kappa shape index (κ3) is 3.90. The van der Waals surface area contributed by atoms with Gasteiger partial charge < -0.3 is 10.3 Å². The number of aryl methyl sites for hydroxylation is 2. The molecule has 30 heavy (non-hydrogen) atoms. The molecular formula is C18H18FIN6O3S. The van der Waals surface area contributed by atoms with E-state index in [0.29, 0.717) is 24.2 Å². The van der Waals surface area contributed by atoms with Gasteiger partial charge in [0.05, 0.1) is 5.75 Å². The molecule has 12 heteroatoms. The molecule has 0 atom stereocenters. The lowest BCUT2D eigenvalue weighted by Crippen LogP contribution is -2.25. The highest BCUT2D eigenvalue weighted by Crippen LogP contribution is 2.29. The van der Waals surface area contributed by atoms with E-state index in [2.05, 4.69) is 42.3 Å². The number of carbonyl (C=O) groups excluding carboxylic acids is 1. The number of carbonyl (C=O) groups is 1. The average Bonchev–Trinajstić information content (AvgIpc) is 3.21. The van der Waals surface area contributed by atoms with E-state index in [-0.39, 0.29) is 35.1 Å². The van der Waals surface area contributed by atoms with Crippen LogP contribution < -0.4 is 10.5 Å². The average molecular weight is 544 g/mol. The zero-order valence-corrected chi connectivity index (χ0v) is 18.9. The molecule has 4 rings (SSSR count). The molecule has 0 spiro atoms. The number of nitrogens with two attached hydrogens (primary N) is 1. The molecule has 0 aliphatic heterocycles. The van der Waals surface area contributed by atoms with E-state index in [0.717, 1.165) is 21.1 Å². The number of nitrogens with one attached hydrogen (secondary N) is 1. The number of fused-ring (bicyclic) bond motifs is 2. The quantitative estimate of drug-likeness (QED) is 0.354. The van der Waals surface area contributed by atoms with Gasteiger partial charge in [-0.1, -0.05) is 0 Å². The van der Waals surface area contributed by atoms with Crippen LogP contribution in [0.2, 0.25) is 0 Å². The number of aromatic nitrogens is 4. The summed E-state index contributed by atoms with van der Waals surface area (Å²) < 4.78 is 42.4. The van der Waals surface area contributed by atoms with E-state index in [4.69, 9.17) is 5.73 Å². The Bertz CT molecular complexity index is 1290. The van der Waals surface area contributed by atoms with Gasteiger partial charge in [0.25, 0.3) is 0 Å². The molecule has 3 aromatic rings. The van der Waals surface area contributed by atoms with Gasteiger partial charge in [0, 0.05) is 28.5 Å². The van der Waals surface area contributed by atoms with Crippen molar-refractivity contribution >= 4 is 55.4 Å². The minimum Gasteiger partial charge on any atom is -0.382 e. The van der Waals surface area contributed by atoms with Crippen LogP contribution in [-0.4, -0.2) is 46.5 Å². The molecule has 158 valence electrons. The Labute approximate surface area is 185 Å². The van der Waals surface area contributed by atoms with Crippen molar-refractivity contribution < 1.29 is 17.6 Å². The van der Waals surface area contributed by atoms with Crippen LogP contribution in [0, 0.1) is 9.65 Å². The molecule has 3 N–H and O–H groups in total. The van der Waals surface area contributed by atoms with Gasteiger partial charge in [-0.3, -0.25) is 4.79 Å². The fourth-order valence-corrected chi connectivity index (χ4v) is 4.89. The fraction of sp³-hybridized carbons (Fsp3) is 0.333. The van der Waals surface area contributed by atoms with E-state index < -0.39 is 16.1 Å². The maximum absolute atomic E-state index is 13.8. The number of imidazole rings is 1. The molecule has 2 heterocycles. The molecule has 0 bridgehead atoms. The number of nitrogens with zero attached hydrogens (tertiary/aromatic N) is 4. The Morgan fingerprint density at radius 1 is 1.27 bits per heavy atom. The monoisotopic (exact) mass is 544 g/mol. The molecular weight excluding hydrogens is 526 g/mol. The van der Waals surface area contributed by atoms with Crippen molar-refractivity contribution in [1.29, 1.82) is 0 Å². The Morgan fingerprint density at radius 3 is 2.77 bits per heavy atom. The molecule has 0 saturated carbocycles. The molecule has 1 aliphatic carbocycles. The lowest BCUT2D eigenvalue weighted by molar-refractivity contribution is 0.0994. The van der Waals surface area contributed by atoms with E-state index in [9.17, 15) is 17.6 Å². The summed E-state index contributed by atoms with van der Waals surface area (Å²) in [4.78, 5) is 23.9. The van der Waals surface area contributed by atoms with Gasteiger partial charge in [-0.25, -0.2) is 18.1 Å². The summed E-state index contributed by atoms with van der Waals surface area (Å²) in [5.74, 6) is 0.209. The molecule has 9 nitrogen and oxygen atoms in total. The molecule has 0 amide bonds. The van der Waals surface area contributed by atoms with Crippen LogP contribution >= 0.6 is 22.6 Å². The largest absolute Gasteiger partial charge is 0.382 e. The van der Waals surface area contributed by atoms with E-state index in [1.807, 2.05) is 12.1 Å². The second-order valence-corrected chi connectivity index (χ2v) is 10.2. The molecule has 1 aliphatic rings. The van der Waals surface area contributed by atoms with E-state index in [1.165, 1.54) is 11.6 Å². The maximum Gasteiger partial charge on any atom is 0.312 e. The smallest absolute Gasteiger partial charge is 0.312 e. The van der Waals surface area contributed by atoms with Crippen LogP contribution in [0.4, 0.5) is 10.2 Å². The number of nitrogen functional groups attached to an aromatic ring is 1. The number of halogens is 2. The number of ketones is 1. The normalized spacial score (nSPS) is 13.9. The first-order valence-electron chi connectivity index (χ1n) is 9.12. The number of Topliss-reactive ketones (excluding diaryl/α,β-unsaturated/α-hetero) is 1. The number of hydrogen-bond acceptors (Lipinski definition) is 7. The molecule has 1 aromatic carbocycles. The Morgan fingerprint density at radius 2 is 2.03 bits per heavy atom. The molecule has 0 fully saturated rings. The van der Waals surface area contributed by atoms with Gasteiger partial charge in [0.15, 0.2) is 22.8 Å². The summed E-state index contributed by atoms with van der Waals surface area (Å²) in [6, 6.07) is 3.85. The summed E-state index contributed by atoms with van der Waals surface area (Å²) in [6.45, 7) is 0.00531. The highest BCUT2D eigenvalue weighted by Gasteiger charge is 2.23. The number of anilines is 1. The summed E-state index contributed by atoms with van der Waals surface area (Å²) >= 11 is 2.20. The van der Waals surface area contributed by atoms with Crippen molar-refractivity contribution in [2.75, 3.05) is 18.5 Å². The van der Waals surface area contributed by atoms with Crippen LogP contribution in [0.15, 0.2) is 12.1 Å². The number of sulfonamides is 1. The Kier molecular flexibility index (Phi) is 5.48. The first kappa shape index (κ1) is 21.1. The number of benzene rings is 1. The highest BCUT2D eigenvalue weighted by atomic mass is 127. The second kappa shape index (κ2) is 7.81. The van der Waals surface area contributed by atoms with Gasteiger partial charge in [0.2, 0.25) is 10.0 Å². The topological polar surface area (TPSA) is 133 Å². The summed E-state index contributed by atoms with van der Waals surface area (Å²) in [7, 11) is -2.19. The van der Waals surface area contributed by atoms with Crippen LogP contribution in [0.5, 0.6) is 0 Å². The van der Waals surface area contributed by atoms with Crippen molar-refractivity contribution in [3.05, 3.63) is 44.3 Å². The summed E-state index contributed by atoms with van der Waals surface area (Å²) in [5.41, 5.74) is 8.76. The zero-order valence-electron chi connectivity index (χ0n) is 15.9. The second-order valence-electron chi connectivity index (χ2n) is 6.95. The number of rotatable bonds is 6. The number of hydrogen-bond donors (Lipinski definition) is 2. The Hall–Kier alpha value is -2.19. The molecule has 0 saturated heterocycles. The van der Waals surface area contributed by atoms with Crippen LogP contribution in [0.25, 0.3) is 11.2 Å². The maximum atomic E-state index is 13.8. The first-order valence-corrected chi connectivity index (χ1v) is 11.9. The van der Waals surface area contributed by atoms with Crippen molar-refractivity contribution in [3.63, 3.8) is 0 Å². The fourth-order valence-electron chi connectivity index (χ4n) is 3.54. The van der Waals surface area contributed by atoms with Crippen LogP contribution in [-0.2, 0) is 29.4 Å². The molecule has 0 unspecified atom stereocenters. The molecule has 2 aromatic heterocycles. The predicted octanol–water partition coefficient (Wildman–Crippen LogP) is 1.42. The summed E-state index contributed by atoms with van der Waals surface area (Å²) in [6.07, 6.45) is 0.522. The minimum absolute atomic E-state index is 0.00531.